The molecule has 1 fully saturated rings. The van der Waals surface area contributed by atoms with E-state index in [1.54, 1.807) is 7.11 Å². The lowest BCUT2D eigenvalue weighted by Gasteiger charge is -2.50. The van der Waals surface area contributed by atoms with E-state index < -0.39 is 17.4 Å². The third kappa shape index (κ3) is 5.79. The van der Waals surface area contributed by atoms with Crippen LogP contribution in [0.5, 0.6) is 0 Å². The third-order valence-electron chi connectivity index (χ3n) is 4.48. The van der Waals surface area contributed by atoms with Crippen LogP contribution in [0.1, 0.15) is 52.9 Å². The maximum absolute atomic E-state index is 6.59. The first-order valence-corrected chi connectivity index (χ1v) is 14.4. The van der Waals surface area contributed by atoms with E-state index in [9.17, 15) is 0 Å². The van der Waals surface area contributed by atoms with Crippen molar-refractivity contribution in [3.8, 4) is 0 Å². The van der Waals surface area contributed by atoms with Gasteiger partial charge in [0.05, 0.1) is 14.6 Å². The third-order valence-corrected chi connectivity index (χ3v) is 8.15. The van der Waals surface area contributed by atoms with Gasteiger partial charge in [0.1, 0.15) is 0 Å². The Hall–Kier alpha value is 0.314. The molecule has 1 rings (SSSR count). The summed E-state index contributed by atoms with van der Waals surface area (Å²) in [4.78, 5) is 2.71. The molecule has 0 bridgehead atoms. The topological polar surface area (TPSA) is 21.7 Å². The summed E-state index contributed by atoms with van der Waals surface area (Å²) in [5, 5.41) is 0. The van der Waals surface area contributed by atoms with Gasteiger partial charge in [-0.05, 0) is 46.7 Å². The van der Waals surface area contributed by atoms with E-state index in [0.29, 0.717) is 6.04 Å². The molecule has 0 amide bonds. The number of nitrogens with zero attached hydrogens (tertiary/aromatic N) is 1. The molecule has 1 atom stereocenters. The van der Waals surface area contributed by atoms with Gasteiger partial charge in [0.2, 0.25) is 0 Å². The smallest absolute Gasteiger partial charge is 0.332 e. The van der Waals surface area contributed by atoms with Gasteiger partial charge in [0.15, 0.2) is 0 Å². The second-order valence-corrected chi connectivity index (χ2v) is 14.7. The Bertz CT molecular complexity index is 310. The monoisotopic (exact) mass is 331 g/mol. The highest BCUT2D eigenvalue weighted by molar-refractivity contribution is 6.66. The van der Waals surface area contributed by atoms with Crippen LogP contribution in [0.15, 0.2) is 0 Å². The molecule has 21 heavy (non-hydrogen) atoms. The highest BCUT2D eigenvalue weighted by Crippen LogP contribution is 2.32. The predicted molar refractivity (Wildman–Crippen MR) is 96.7 cm³/mol. The molecule has 0 heterocycles. The van der Waals surface area contributed by atoms with Crippen molar-refractivity contribution in [2.24, 2.45) is 0 Å². The minimum Gasteiger partial charge on any atom is -0.398 e. The summed E-state index contributed by atoms with van der Waals surface area (Å²) < 4.78 is 12.3. The van der Waals surface area contributed by atoms with E-state index >= 15 is 0 Å². The number of hydrogen-bond donors (Lipinski definition) is 0. The van der Waals surface area contributed by atoms with Crippen LogP contribution in [0, 0.1) is 0 Å². The standard InChI is InChI=1S/C16H37NO2Si2/c1-16(2,3)17(14-12-10-9-11-13-14)15(20(5)6)19-21(7,8)18-4/h14-15,20H,9-13H2,1-8H3. The summed E-state index contributed by atoms with van der Waals surface area (Å²) in [6, 6.07) is 0.681. The lowest BCUT2D eigenvalue weighted by molar-refractivity contribution is -0.0465. The second kappa shape index (κ2) is 7.73. The van der Waals surface area contributed by atoms with Crippen LogP contribution in [-0.2, 0) is 8.85 Å². The Morgan fingerprint density at radius 1 is 1.10 bits per heavy atom. The molecule has 0 aliphatic heterocycles. The first-order chi connectivity index (χ1) is 9.58. The van der Waals surface area contributed by atoms with Crippen molar-refractivity contribution in [1.29, 1.82) is 0 Å². The molecule has 0 saturated heterocycles. The predicted octanol–water partition coefficient (Wildman–Crippen LogP) is 4.14. The molecule has 1 saturated carbocycles. The molecule has 0 aromatic carbocycles. The second-order valence-electron chi connectivity index (χ2n) is 8.23. The SMILES string of the molecule is CO[Si](C)(C)OC(N(C1CCCCC1)C(C)(C)C)[SiH](C)C. The average molecular weight is 332 g/mol. The molecule has 0 N–H and O–H groups in total. The highest BCUT2D eigenvalue weighted by atomic mass is 28.4. The minimum atomic E-state index is -2.02. The van der Waals surface area contributed by atoms with Gasteiger partial charge in [-0.3, -0.25) is 4.90 Å². The number of rotatable bonds is 6. The van der Waals surface area contributed by atoms with Gasteiger partial charge < -0.3 is 8.85 Å². The van der Waals surface area contributed by atoms with E-state index in [2.05, 4.69) is 51.9 Å². The highest BCUT2D eigenvalue weighted by Gasteiger charge is 2.40. The van der Waals surface area contributed by atoms with Gasteiger partial charge in [-0.15, -0.1) is 0 Å². The Kier molecular flexibility index (Phi) is 7.12. The molecular weight excluding hydrogens is 294 g/mol. The van der Waals surface area contributed by atoms with Crippen LogP contribution in [0.4, 0.5) is 0 Å². The van der Waals surface area contributed by atoms with Crippen molar-refractivity contribution in [2.45, 2.75) is 96.5 Å². The molecule has 3 nitrogen and oxygen atoms in total. The van der Waals surface area contributed by atoms with Crippen molar-refractivity contribution in [3.05, 3.63) is 0 Å². The summed E-state index contributed by atoms with van der Waals surface area (Å²) in [5.74, 6) is 0.287. The van der Waals surface area contributed by atoms with Crippen LogP contribution >= 0.6 is 0 Å². The van der Waals surface area contributed by atoms with Crippen molar-refractivity contribution in [2.75, 3.05) is 7.11 Å². The van der Waals surface area contributed by atoms with Gasteiger partial charge in [-0.1, -0.05) is 32.4 Å². The quantitative estimate of drug-likeness (QED) is 0.539. The molecular formula is C16H37NO2Si2. The van der Waals surface area contributed by atoms with E-state index in [-0.39, 0.29) is 11.4 Å². The van der Waals surface area contributed by atoms with Crippen LogP contribution in [0.3, 0.4) is 0 Å². The first-order valence-electron chi connectivity index (χ1n) is 8.60. The van der Waals surface area contributed by atoms with Crippen molar-refractivity contribution in [3.63, 3.8) is 0 Å². The van der Waals surface area contributed by atoms with Crippen LogP contribution in [0.2, 0.25) is 26.2 Å². The molecule has 0 aromatic rings. The summed E-state index contributed by atoms with van der Waals surface area (Å²) in [7, 11) is -1.19. The van der Waals surface area contributed by atoms with Crippen LogP contribution < -0.4 is 0 Å². The fourth-order valence-electron chi connectivity index (χ4n) is 3.35. The molecule has 0 aromatic heterocycles. The lowest BCUT2D eigenvalue weighted by Crippen LogP contribution is -2.61. The average Bonchev–Trinajstić information content (AvgIpc) is 2.37. The Labute approximate surface area is 135 Å². The minimum absolute atomic E-state index is 0.155. The first kappa shape index (κ1) is 19.4. The molecule has 0 spiro atoms. The van der Waals surface area contributed by atoms with Gasteiger partial charge in [-0.25, -0.2) is 0 Å². The maximum atomic E-state index is 6.59. The molecule has 1 aliphatic rings. The van der Waals surface area contributed by atoms with E-state index in [1.165, 1.54) is 32.1 Å². The molecule has 1 unspecified atom stereocenters. The normalized spacial score (nSPS) is 20.3. The zero-order chi connectivity index (χ0) is 16.3. The summed E-state index contributed by atoms with van der Waals surface area (Å²) in [6.07, 6.45) is 6.79. The van der Waals surface area contributed by atoms with Gasteiger partial charge >= 0.3 is 8.56 Å². The largest absolute Gasteiger partial charge is 0.398 e. The molecule has 0 radical (unpaired) electrons. The molecule has 1 aliphatic carbocycles. The summed E-state index contributed by atoms with van der Waals surface area (Å²) in [6.45, 7) is 16.2. The van der Waals surface area contributed by atoms with Crippen LogP contribution in [0.25, 0.3) is 0 Å². The summed E-state index contributed by atoms with van der Waals surface area (Å²) in [5.41, 5.74) is 0.155. The Balaban J connectivity index is 3.00. The van der Waals surface area contributed by atoms with Crippen molar-refractivity contribution < 1.29 is 8.85 Å². The van der Waals surface area contributed by atoms with E-state index in [4.69, 9.17) is 8.85 Å². The molecule has 126 valence electrons. The maximum Gasteiger partial charge on any atom is 0.332 e. The van der Waals surface area contributed by atoms with Gasteiger partial charge in [-0.2, -0.15) is 0 Å². The van der Waals surface area contributed by atoms with E-state index in [0.717, 1.165) is 0 Å². The zero-order valence-electron chi connectivity index (χ0n) is 15.5. The number of hydrogen-bond acceptors (Lipinski definition) is 3. The Morgan fingerprint density at radius 3 is 2.00 bits per heavy atom. The van der Waals surface area contributed by atoms with Gasteiger partial charge in [0.25, 0.3) is 0 Å². The van der Waals surface area contributed by atoms with E-state index in [1.807, 2.05) is 0 Å². The fourth-order valence-corrected chi connectivity index (χ4v) is 7.55. The van der Waals surface area contributed by atoms with Gasteiger partial charge in [0, 0.05) is 18.7 Å². The summed E-state index contributed by atoms with van der Waals surface area (Å²) >= 11 is 0. The van der Waals surface area contributed by atoms with Crippen molar-refractivity contribution >= 4 is 17.4 Å². The zero-order valence-corrected chi connectivity index (χ0v) is 17.7. The Morgan fingerprint density at radius 2 is 1.62 bits per heavy atom. The van der Waals surface area contributed by atoms with Crippen LogP contribution in [-0.4, -0.2) is 46.8 Å². The fraction of sp³-hybridized carbons (Fsp3) is 1.00. The molecule has 5 heteroatoms. The van der Waals surface area contributed by atoms with Crippen molar-refractivity contribution in [1.82, 2.24) is 4.90 Å². The lowest BCUT2D eigenvalue weighted by atomic mass is 9.91.